The fourth-order valence-corrected chi connectivity index (χ4v) is 6.20. The number of aliphatic hydroxyl groups is 1. The summed E-state index contributed by atoms with van der Waals surface area (Å²) in [6, 6.07) is 14.5. The molecule has 0 bridgehead atoms. The lowest BCUT2D eigenvalue weighted by Gasteiger charge is -2.24. The lowest BCUT2D eigenvalue weighted by atomic mass is 9.95. The molecular formula is C33H30N2O8S. The van der Waals surface area contributed by atoms with Gasteiger partial charge in [0.25, 0.3) is 5.78 Å². The van der Waals surface area contributed by atoms with E-state index in [4.69, 9.17) is 28.7 Å². The number of carbonyl (C=O) groups excluding carboxylic acids is 2. The van der Waals surface area contributed by atoms with E-state index in [0.29, 0.717) is 77.0 Å². The largest absolute Gasteiger partial charge is 0.507 e. The minimum atomic E-state index is -1.03. The first-order valence-corrected chi connectivity index (χ1v) is 15.0. The summed E-state index contributed by atoms with van der Waals surface area (Å²) < 4.78 is 29.4. The van der Waals surface area contributed by atoms with E-state index < -0.39 is 17.7 Å². The molecule has 1 N–H and O–H groups in total. The Labute approximate surface area is 257 Å². The normalized spacial score (nSPS) is 17.1. The summed E-state index contributed by atoms with van der Waals surface area (Å²) in [6.07, 6.45) is 1.62. The molecule has 1 fully saturated rings. The maximum atomic E-state index is 13.8. The first kappa shape index (κ1) is 29.1. The number of fused-ring (bicyclic) bond motifs is 2. The molecule has 0 unspecified atom stereocenters. The Balaban J connectivity index is 1.52. The highest BCUT2D eigenvalue weighted by Gasteiger charge is 2.48. The van der Waals surface area contributed by atoms with E-state index in [1.54, 1.807) is 54.6 Å². The topological polar surface area (TPSA) is 117 Å². The lowest BCUT2D eigenvalue weighted by molar-refractivity contribution is -0.132. The number of amides is 1. The van der Waals surface area contributed by atoms with Crippen molar-refractivity contribution in [3.8, 4) is 28.7 Å². The van der Waals surface area contributed by atoms with Crippen LogP contribution in [-0.2, 0) is 9.59 Å². The molecule has 0 aliphatic carbocycles. The number of carbonyl (C=O) groups is 2. The SMILES string of the molecule is C=CCOc1ccc([C@H]2C(=C(O)c3ccc4c(c3)OCCO4)C(=O)C(=O)N2c2nc3ccc(OCC)cc3s2)cc1OCC. The molecule has 44 heavy (non-hydrogen) atoms. The van der Waals surface area contributed by atoms with E-state index in [9.17, 15) is 14.7 Å². The van der Waals surface area contributed by atoms with Gasteiger partial charge in [-0.2, -0.15) is 0 Å². The van der Waals surface area contributed by atoms with Gasteiger partial charge in [-0.1, -0.05) is 30.1 Å². The highest BCUT2D eigenvalue weighted by molar-refractivity contribution is 7.22. The number of Topliss-reactive ketones (excluding diaryl/α,β-unsaturated/α-hetero) is 1. The van der Waals surface area contributed by atoms with Crippen LogP contribution in [0, 0.1) is 0 Å². The van der Waals surface area contributed by atoms with E-state index in [2.05, 4.69) is 6.58 Å². The zero-order valence-corrected chi connectivity index (χ0v) is 25.0. The predicted molar refractivity (Wildman–Crippen MR) is 166 cm³/mol. The standard InChI is InChI=1S/C33H30N2O8S/c1-4-13-41-23-11-7-19(16-25(23)40-6-3)29-28(30(36)20-8-12-24-26(17-20)43-15-14-42-24)31(37)32(38)35(29)33-34-22-10-9-21(39-5-2)18-27(22)44-33/h4,7-12,16-18,29,36H,1,5-6,13-15H2,2-3H3/t29-/m0/s1. The first-order valence-electron chi connectivity index (χ1n) is 14.2. The van der Waals surface area contributed by atoms with Gasteiger partial charge in [0, 0.05) is 5.56 Å². The molecule has 10 nitrogen and oxygen atoms in total. The van der Waals surface area contributed by atoms with Crippen LogP contribution >= 0.6 is 11.3 Å². The zero-order valence-electron chi connectivity index (χ0n) is 24.2. The second-order valence-electron chi connectivity index (χ2n) is 9.83. The summed E-state index contributed by atoms with van der Waals surface area (Å²) in [4.78, 5) is 33.6. The number of ether oxygens (including phenoxy) is 5. The monoisotopic (exact) mass is 614 g/mol. The van der Waals surface area contributed by atoms with E-state index in [0.717, 1.165) is 4.70 Å². The quantitative estimate of drug-likeness (QED) is 0.0985. The Morgan fingerprint density at radius 2 is 1.80 bits per heavy atom. The van der Waals surface area contributed by atoms with Gasteiger partial charge in [-0.3, -0.25) is 14.5 Å². The molecule has 1 aromatic heterocycles. The van der Waals surface area contributed by atoms with Crippen LogP contribution in [0.15, 0.2) is 72.8 Å². The first-order chi connectivity index (χ1) is 21.4. The summed E-state index contributed by atoms with van der Waals surface area (Å²) in [6.45, 7) is 9.31. The fourth-order valence-electron chi connectivity index (χ4n) is 5.17. The van der Waals surface area contributed by atoms with Gasteiger partial charge < -0.3 is 28.8 Å². The molecule has 2 aliphatic heterocycles. The zero-order chi connectivity index (χ0) is 30.8. The van der Waals surface area contributed by atoms with Gasteiger partial charge in [-0.05, 0) is 67.9 Å². The smallest absolute Gasteiger partial charge is 0.301 e. The van der Waals surface area contributed by atoms with Crippen molar-refractivity contribution in [1.82, 2.24) is 4.98 Å². The maximum absolute atomic E-state index is 13.8. The molecule has 0 radical (unpaired) electrons. The van der Waals surface area contributed by atoms with Gasteiger partial charge in [-0.25, -0.2) is 4.98 Å². The third kappa shape index (κ3) is 5.30. The number of hydrogen-bond acceptors (Lipinski definition) is 10. The number of anilines is 1. The highest BCUT2D eigenvalue weighted by atomic mass is 32.1. The van der Waals surface area contributed by atoms with Gasteiger partial charge in [0.15, 0.2) is 28.1 Å². The number of nitrogens with zero attached hydrogens (tertiary/aromatic N) is 2. The molecule has 3 aromatic carbocycles. The van der Waals surface area contributed by atoms with Crippen LogP contribution in [0.5, 0.6) is 28.7 Å². The van der Waals surface area contributed by atoms with E-state index in [-0.39, 0.29) is 17.9 Å². The maximum Gasteiger partial charge on any atom is 0.301 e. The number of aliphatic hydroxyl groups excluding tert-OH is 1. The van der Waals surface area contributed by atoms with Gasteiger partial charge in [0.2, 0.25) is 0 Å². The Hall–Kier alpha value is -5.03. The van der Waals surface area contributed by atoms with Crippen LogP contribution in [0.25, 0.3) is 16.0 Å². The van der Waals surface area contributed by atoms with Crippen LogP contribution in [0.1, 0.15) is 31.0 Å². The average molecular weight is 615 g/mol. The van der Waals surface area contributed by atoms with Crippen LogP contribution in [0.4, 0.5) is 5.13 Å². The van der Waals surface area contributed by atoms with Gasteiger partial charge in [0.1, 0.15) is 31.3 Å². The van der Waals surface area contributed by atoms with Gasteiger partial charge in [0.05, 0.1) is 35.0 Å². The van der Waals surface area contributed by atoms with Crippen molar-refractivity contribution < 1.29 is 38.4 Å². The van der Waals surface area contributed by atoms with Crippen LogP contribution < -0.4 is 28.6 Å². The van der Waals surface area contributed by atoms with Crippen LogP contribution in [0.3, 0.4) is 0 Å². The van der Waals surface area contributed by atoms with E-state index in [1.165, 1.54) is 16.2 Å². The Morgan fingerprint density at radius 1 is 1.00 bits per heavy atom. The van der Waals surface area contributed by atoms with Crippen LogP contribution in [-0.4, -0.2) is 54.8 Å². The van der Waals surface area contributed by atoms with Crippen molar-refractivity contribution in [2.45, 2.75) is 19.9 Å². The van der Waals surface area contributed by atoms with Gasteiger partial charge >= 0.3 is 5.91 Å². The molecule has 6 rings (SSSR count). The average Bonchev–Trinajstić information content (AvgIpc) is 3.57. The molecule has 1 amide bonds. The molecular weight excluding hydrogens is 584 g/mol. The minimum Gasteiger partial charge on any atom is -0.507 e. The van der Waals surface area contributed by atoms with Crippen molar-refractivity contribution in [3.63, 3.8) is 0 Å². The van der Waals surface area contributed by atoms with E-state index in [1.807, 2.05) is 19.9 Å². The fraction of sp³-hybridized carbons (Fsp3) is 0.242. The second kappa shape index (κ2) is 12.3. The summed E-state index contributed by atoms with van der Waals surface area (Å²) in [7, 11) is 0. The highest BCUT2D eigenvalue weighted by Crippen LogP contribution is 2.46. The molecule has 1 saturated heterocycles. The molecule has 0 saturated carbocycles. The third-order valence-corrected chi connectivity index (χ3v) is 8.08. The second-order valence-corrected chi connectivity index (χ2v) is 10.8. The number of hydrogen-bond donors (Lipinski definition) is 1. The molecule has 11 heteroatoms. The van der Waals surface area contributed by atoms with Crippen molar-refractivity contribution in [1.29, 1.82) is 0 Å². The van der Waals surface area contributed by atoms with Crippen molar-refractivity contribution in [3.05, 3.63) is 84.0 Å². The van der Waals surface area contributed by atoms with Crippen LogP contribution in [0.2, 0.25) is 0 Å². The molecule has 3 heterocycles. The summed E-state index contributed by atoms with van der Waals surface area (Å²) in [5.41, 5.74) is 1.37. The van der Waals surface area contributed by atoms with Gasteiger partial charge in [-0.15, -0.1) is 0 Å². The molecule has 1 atom stereocenters. The molecule has 4 aromatic rings. The van der Waals surface area contributed by atoms with Crippen molar-refractivity contribution >= 4 is 44.1 Å². The Bertz CT molecular complexity index is 1800. The summed E-state index contributed by atoms with van der Waals surface area (Å²) in [5.74, 6) is 0.517. The predicted octanol–water partition coefficient (Wildman–Crippen LogP) is 6.06. The van der Waals surface area contributed by atoms with Crippen molar-refractivity contribution in [2.24, 2.45) is 0 Å². The molecule has 2 aliphatic rings. The number of rotatable bonds is 10. The summed E-state index contributed by atoms with van der Waals surface area (Å²) >= 11 is 1.25. The summed E-state index contributed by atoms with van der Waals surface area (Å²) in [5, 5.41) is 12.0. The Kier molecular flexibility index (Phi) is 8.12. The number of benzene rings is 3. The van der Waals surface area contributed by atoms with Crippen molar-refractivity contribution in [2.75, 3.05) is 37.9 Å². The Morgan fingerprint density at radius 3 is 2.57 bits per heavy atom. The number of ketones is 1. The minimum absolute atomic E-state index is 0.0943. The number of thiazole rings is 1. The molecule has 0 spiro atoms. The third-order valence-electron chi connectivity index (χ3n) is 7.07. The molecule has 226 valence electrons. The van der Waals surface area contributed by atoms with E-state index >= 15 is 0 Å². The lowest BCUT2D eigenvalue weighted by Crippen LogP contribution is -2.29. The number of aromatic nitrogens is 1.